The van der Waals surface area contributed by atoms with Crippen LogP contribution in [0.5, 0.6) is 5.75 Å². The van der Waals surface area contributed by atoms with E-state index in [4.69, 9.17) is 20.8 Å². The molecule has 1 aromatic heterocycles. The number of oxazole rings is 1. The van der Waals surface area contributed by atoms with E-state index in [-0.39, 0.29) is 5.91 Å². The maximum atomic E-state index is 12.2. The molecule has 144 valence electrons. The highest BCUT2D eigenvalue weighted by Gasteiger charge is 2.09. The standard InChI is InChI=1S/C23H17ClN2O3/c1-28-19-10-5-16(6-11-19)23-26-20-14-18(9-12-21(20)29-23)25-22(27)13-4-15-2-7-17(24)8-3-15/h2-14H,1H3,(H,25,27). The first-order chi connectivity index (χ1) is 14.1. The molecule has 0 aliphatic carbocycles. The number of nitrogens with zero attached hydrogens (tertiary/aromatic N) is 1. The average Bonchev–Trinajstić information content (AvgIpc) is 3.17. The first kappa shape index (κ1) is 18.8. The first-order valence-electron chi connectivity index (χ1n) is 8.90. The Morgan fingerprint density at radius 2 is 1.83 bits per heavy atom. The number of rotatable bonds is 5. The molecule has 0 saturated carbocycles. The predicted octanol–water partition coefficient (Wildman–Crippen LogP) is 5.81. The molecule has 0 saturated heterocycles. The third-order valence-electron chi connectivity index (χ3n) is 4.29. The van der Waals surface area contributed by atoms with Crippen molar-refractivity contribution in [3.05, 3.63) is 83.4 Å². The molecule has 0 unspecified atom stereocenters. The fraction of sp³-hybridized carbons (Fsp3) is 0.0435. The number of amides is 1. The molecule has 29 heavy (non-hydrogen) atoms. The van der Waals surface area contributed by atoms with Gasteiger partial charge in [0, 0.05) is 22.3 Å². The summed E-state index contributed by atoms with van der Waals surface area (Å²) < 4.78 is 11.0. The zero-order valence-electron chi connectivity index (χ0n) is 15.6. The average molecular weight is 405 g/mol. The number of nitrogens with one attached hydrogen (secondary N) is 1. The predicted molar refractivity (Wildman–Crippen MR) is 115 cm³/mol. The van der Waals surface area contributed by atoms with Gasteiger partial charge in [-0.1, -0.05) is 23.7 Å². The molecular formula is C23H17ClN2O3. The minimum absolute atomic E-state index is 0.238. The minimum atomic E-state index is -0.238. The molecule has 1 N–H and O–H groups in total. The van der Waals surface area contributed by atoms with E-state index in [9.17, 15) is 4.79 Å². The van der Waals surface area contributed by atoms with E-state index in [1.807, 2.05) is 36.4 Å². The number of hydrogen-bond acceptors (Lipinski definition) is 4. The summed E-state index contributed by atoms with van der Waals surface area (Å²) in [4.78, 5) is 16.7. The van der Waals surface area contributed by atoms with Crippen LogP contribution in [0, 0.1) is 0 Å². The van der Waals surface area contributed by atoms with Gasteiger partial charge in [0.15, 0.2) is 5.58 Å². The molecule has 0 radical (unpaired) electrons. The molecule has 5 nitrogen and oxygen atoms in total. The fourth-order valence-corrected chi connectivity index (χ4v) is 2.92. The summed E-state index contributed by atoms with van der Waals surface area (Å²) in [6.45, 7) is 0. The van der Waals surface area contributed by atoms with E-state index in [0.29, 0.717) is 27.7 Å². The zero-order chi connectivity index (χ0) is 20.2. The van der Waals surface area contributed by atoms with Crippen LogP contribution in [0.15, 0.2) is 77.2 Å². The second-order valence-corrected chi connectivity index (χ2v) is 6.74. The zero-order valence-corrected chi connectivity index (χ0v) is 16.3. The molecule has 6 heteroatoms. The number of methoxy groups -OCH3 is 1. The highest BCUT2D eigenvalue weighted by atomic mass is 35.5. The Morgan fingerprint density at radius 3 is 2.55 bits per heavy atom. The van der Waals surface area contributed by atoms with Crippen LogP contribution < -0.4 is 10.1 Å². The molecule has 0 aliphatic heterocycles. The normalized spacial score (nSPS) is 11.1. The van der Waals surface area contributed by atoms with Crippen molar-refractivity contribution < 1.29 is 13.9 Å². The lowest BCUT2D eigenvalue weighted by Crippen LogP contribution is -2.07. The van der Waals surface area contributed by atoms with Gasteiger partial charge in [-0.2, -0.15) is 0 Å². The Bertz CT molecular complexity index is 1180. The Hall–Kier alpha value is -3.57. The van der Waals surface area contributed by atoms with E-state index in [1.54, 1.807) is 43.5 Å². The Balaban J connectivity index is 1.49. The van der Waals surface area contributed by atoms with Gasteiger partial charge in [-0.3, -0.25) is 4.79 Å². The number of aromatic nitrogens is 1. The Labute approximate surface area is 172 Å². The molecular weight excluding hydrogens is 388 g/mol. The van der Waals surface area contributed by atoms with Gasteiger partial charge in [-0.25, -0.2) is 4.98 Å². The number of carbonyl (C=O) groups is 1. The second kappa shape index (κ2) is 8.20. The maximum Gasteiger partial charge on any atom is 0.248 e. The number of benzene rings is 3. The summed E-state index contributed by atoms with van der Waals surface area (Å²) >= 11 is 5.86. The van der Waals surface area contributed by atoms with E-state index < -0.39 is 0 Å². The van der Waals surface area contributed by atoms with Crippen LogP contribution in [0.3, 0.4) is 0 Å². The molecule has 0 bridgehead atoms. The molecule has 0 spiro atoms. The molecule has 4 rings (SSSR count). The molecule has 1 amide bonds. The number of anilines is 1. The summed E-state index contributed by atoms with van der Waals surface area (Å²) in [5.41, 5.74) is 3.68. The van der Waals surface area contributed by atoms with Gasteiger partial charge in [-0.15, -0.1) is 0 Å². The third kappa shape index (κ3) is 4.47. The van der Waals surface area contributed by atoms with Crippen LogP contribution in [0.1, 0.15) is 5.56 Å². The van der Waals surface area contributed by atoms with Crippen LogP contribution in [-0.4, -0.2) is 18.0 Å². The van der Waals surface area contributed by atoms with E-state index in [1.165, 1.54) is 6.08 Å². The smallest absolute Gasteiger partial charge is 0.248 e. The largest absolute Gasteiger partial charge is 0.497 e. The maximum absolute atomic E-state index is 12.2. The number of carbonyl (C=O) groups excluding carboxylic acids is 1. The molecule has 3 aromatic carbocycles. The lowest BCUT2D eigenvalue weighted by molar-refractivity contribution is -0.111. The lowest BCUT2D eigenvalue weighted by Gasteiger charge is -2.01. The van der Waals surface area contributed by atoms with E-state index in [2.05, 4.69) is 10.3 Å². The summed E-state index contributed by atoms with van der Waals surface area (Å²) in [7, 11) is 1.62. The molecule has 0 fully saturated rings. The number of fused-ring (bicyclic) bond motifs is 1. The Kier molecular flexibility index (Phi) is 5.31. The highest BCUT2D eigenvalue weighted by molar-refractivity contribution is 6.30. The highest BCUT2D eigenvalue weighted by Crippen LogP contribution is 2.27. The van der Waals surface area contributed by atoms with Crippen LogP contribution in [0.2, 0.25) is 5.02 Å². The minimum Gasteiger partial charge on any atom is -0.497 e. The van der Waals surface area contributed by atoms with Crippen molar-refractivity contribution in [2.24, 2.45) is 0 Å². The van der Waals surface area contributed by atoms with Gasteiger partial charge in [0.2, 0.25) is 11.8 Å². The summed E-state index contributed by atoms with van der Waals surface area (Å²) in [5.74, 6) is 1.04. The quantitative estimate of drug-likeness (QED) is 0.426. The van der Waals surface area contributed by atoms with E-state index in [0.717, 1.165) is 16.9 Å². The summed E-state index contributed by atoms with van der Waals surface area (Å²) in [6.07, 6.45) is 3.20. The summed E-state index contributed by atoms with van der Waals surface area (Å²) in [5, 5.41) is 3.48. The molecule has 1 heterocycles. The first-order valence-corrected chi connectivity index (χ1v) is 9.28. The molecule has 0 atom stereocenters. The second-order valence-electron chi connectivity index (χ2n) is 6.30. The third-order valence-corrected chi connectivity index (χ3v) is 4.54. The van der Waals surface area contributed by atoms with Crippen LogP contribution in [-0.2, 0) is 4.79 Å². The molecule has 0 aliphatic rings. The van der Waals surface area contributed by atoms with Crippen molar-refractivity contribution in [3.8, 4) is 17.2 Å². The monoisotopic (exact) mass is 404 g/mol. The van der Waals surface area contributed by atoms with Crippen molar-refractivity contribution in [1.29, 1.82) is 0 Å². The van der Waals surface area contributed by atoms with Crippen molar-refractivity contribution in [1.82, 2.24) is 4.98 Å². The van der Waals surface area contributed by atoms with Crippen molar-refractivity contribution >= 4 is 40.4 Å². The van der Waals surface area contributed by atoms with Crippen LogP contribution >= 0.6 is 11.6 Å². The fourth-order valence-electron chi connectivity index (χ4n) is 2.79. The topological polar surface area (TPSA) is 64.4 Å². The van der Waals surface area contributed by atoms with Crippen molar-refractivity contribution in [2.75, 3.05) is 12.4 Å². The van der Waals surface area contributed by atoms with Crippen molar-refractivity contribution in [2.45, 2.75) is 0 Å². The van der Waals surface area contributed by atoms with Gasteiger partial charge in [0.1, 0.15) is 11.3 Å². The van der Waals surface area contributed by atoms with Crippen LogP contribution in [0.4, 0.5) is 5.69 Å². The SMILES string of the molecule is COc1ccc(-c2nc3cc(NC(=O)C=Cc4ccc(Cl)cc4)ccc3o2)cc1. The van der Waals surface area contributed by atoms with Gasteiger partial charge < -0.3 is 14.5 Å². The van der Waals surface area contributed by atoms with Gasteiger partial charge in [0.05, 0.1) is 7.11 Å². The summed E-state index contributed by atoms with van der Waals surface area (Å²) in [6, 6.07) is 20.0. The Morgan fingerprint density at radius 1 is 1.07 bits per heavy atom. The number of halogens is 1. The van der Waals surface area contributed by atoms with E-state index >= 15 is 0 Å². The van der Waals surface area contributed by atoms with Gasteiger partial charge in [-0.05, 0) is 66.2 Å². The lowest BCUT2D eigenvalue weighted by atomic mass is 10.2. The number of hydrogen-bond donors (Lipinski definition) is 1. The van der Waals surface area contributed by atoms with Gasteiger partial charge >= 0.3 is 0 Å². The number of ether oxygens (including phenoxy) is 1. The van der Waals surface area contributed by atoms with Crippen molar-refractivity contribution in [3.63, 3.8) is 0 Å². The van der Waals surface area contributed by atoms with Gasteiger partial charge in [0.25, 0.3) is 0 Å². The molecule has 4 aromatic rings. The van der Waals surface area contributed by atoms with Crippen LogP contribution in [0.25, 0.3) is 28.6 Å².